The Labute approximate surface area is 172 Å². The van der Waals surface area contributed by atoms with Gasteiger partial charge in [0.15, 0.2) is 0 Å². The summed E-state index contributed by atoms with van der Waals surface area (Å²) in [5.41, 5.74) is -2.53. The molecule has 2 aromatic carbocycles. The fraction of sp³-hybridized carbons (Fsp3) is 0.400. The van der Waals surface area contributed by atoms with Gasteiger partial charge in [0.1, 0.15) is 24.1 Å². The Kier molecular flexibility index (Phi) is 6.51. The van der Waals surface area contributed by atoms with Gasteiger partial charge in [-0.05, 0) is 47.9 Å². The van der Waals surface area contributed by atoms with Crippen LogP contribution in [0.15, 0.2) is 42.5 Å². The molecule has 3 rings (SSSR count). The van der Waals surface area contributed by atoms with Crippen molar-refractivity contribution in [2.75, 3.05) is 6.61 Å². The third-order valence-electron chi connectivity index (χ3n) is 4.69. The van der Waals surface area contributed by atoms with Gasteiger partial charge in [-0.2, -0.15) is 26.3 Å². The number of hydrogen-bond acceptors (Lipinski definition) is 5. The minimum atomic E-state index is -4.92. The number of halogens is 6. The molecule has 0 unspecified atom stereocenters. The van der Waals surface area contributed by atoms with Gasteiger partial charge in [-0.1, -0.05) is 12.1 Å². The highest BCUT2D eigenvalue weighted by atomic mass is 19.4. The molecule has 31 heavy (non-hydrogen) atoms. The summed E-state index contributed by atoms with van der Waals surface area (Å²) in [5.74, 6) is 0.177. The molecule has 1 saturated heterocycles. The number of benzene rings is 2. The van der Waals surface area contributed by atoms with Crippen LogP contribution < -0.4 is 4.74 Å². The van der Waals surface area contributed by atoms with Crippen molar-refractivity contribution in [3.8, 4) is 5.75 Å². The normalized spacial score (nSPS) is 24.8. The van der Waals surface area contributed by atoms with Gasteiger partial charge in [0.25, 0.3) is 0 Å². The molecule has 1 heterocycles. The minimum Gasteiger partial charge on any atom is -0.462 e. The lowest BCUT2D eigenvalue weighted by Crippen LogP contribution is -2.54. The molecule has 5 nitrogen and oxygen atoms in total. The highest BCUT2D eigenvalue weighted by Gasteiger charge is 2.39. The summed E-state index contributed by atoms with van der Waals surface area (Å²) in [6, 6.07) is 7.05. The van der Waals surface area contributed by atoms with E-state index in [0.717, 1.165) is 0 Å². The van der Waals surface area contributed by atoms with Crippen LogP contribution in [0.4, 0.5) is 26.3 Å². The van der Waals surface area contributed by atoms with Crippen molar-refractivity contribution in [1.82, 2.24) is 0 Å². The molecule has 1 fully saturated rings. The molecule has 1 aliphatic rings. The van der Waals surface area contributed by atoms with Gasteiger partial charge in [-0.25, -0.2) is 0 Å². The summed E-state index contributed by atoms with van der Waals surface area (Å²) < 4.78 is 88.4. The predicted octanol–water partition coefficient (Wildman–Crippen LogP) is 3.13. The van der Waals surface area contributed by atoms with Crippen LogP contribution in [0.25, 0.3) is 0 Å². The molecule has 0 aliphatic carbocycles. The predicted molar refractivity (Wildman–Crippen MR) is 94.1 cm³/mol. The van der Waals surface area contributed by atoms with Crippen molar-refractivity contribution in [2.45, 2.75) is 43.4 Å². The van der Waals surface area contributed by atoms with E-state index >= 15 is 0 Å². The van der Waals surface area contributed by atoms with Crippen LogP contribution in [0.1, 0.15) is 22.3 Å². The number of alkyl halides is 6. The smallest absolute Gasteiger partial charge is 0.416 e. The van der Waals surface area contributed by atoms with Crippen LogP contribution in [-0.2, 0) is 23.5 Å². The Hall–Kier alpha value is -2.34. The lowest BCUT2D eigenvalue weighted by molar-refractivity contribution is -0.242. The Morgan fingerprint density at radius 1 is 0.806 bits per heavy atom. The molecule has 0 saturated carbocycles. The summed E-state index contributed by atoms with van der Waals surface area (Å²) >= 11 is 0. The largest absolute Gasteiger partial charge is 0.462 e. The van der Waals surface area contributed by atoms with E-state index in [1.165, 1.54) is 24.3 Å². The van der Waals surface area contributed by atoms with Gasteiger partial charge >= 0.3 is 12.4 Å². The summed E-state index contributed by atoms with van der Waals surface area (Å²) in [4.78, 5) is 0. The van der Waals surface area contributed by atoms with E-state index in [0.29, 0.717) is 17.7 Å². The van der Waals surface area contributed by atoms with Gasteiger partial charge in [-0.3, -0.25) is 0 Å². The standard InChI is InChI=1S/C20H18F6O5/c21-19(22,23)12-6-11(7-13(8-12)20(24,25)26)5-10-1-3-14(4-2-10)31-18-17(29)16(28)15(27)9-30-18/h1-4,6-8,15-18,27-29H,5,9H2/t15-,16-,17+,18+/m0/s1. The molecule has 170 valence electrons. The lowest BCUT2D eigenvalue weighted by atomic mass is 9.99. The third kappa shape index (κ3) is 5.67. The van der Waals surface area contributed by atoms with Crippen molar-refractivity contribution >= 4 is 0 Å². The highest BCUT2D eigenvalue weighted by Crippen LogP contribution is 2.36. The molecule has 1 aliphatic heterocycles. The summed E-state index contributed by atoms with van der Waals surface area (Å²) in [6.07, 6.45) is -15.6. The number of hydrogen-bond donors (Lipinski definition) is 3. The van der Waals surface area contributed by atoms with Crippen molar-refractivity contribution in [2.24, 2.45) is 0 Å². The molecule has 4 atom stereocenters. The number of aliphatic hydroxyl groups is 3. The maximum absolute atomic E-state index is 13.0. The summed E-state index contributed by atoms with van der Waals surface area (Å²) in [7, 11) is 0. The zero-order valence-corrected chi connectivity index (χ0v) is 15.7. The van der Waals surface area contributed by atoms with Gasteiger partial charge in [0, 0.05) is 0 Å². The Morgan fingerprint density at radius 3 is 1.87 bits per heavy atom. The monoisotopic (exact) mass is 452 g/mol. The second-order valence-corrected chi connectivity index (χ2v) is 7.10. The van der Waals surface area contributed by atoms with Crippen LogP contribution in [0.3, 0.4) is 0 Å². The summed E-state index contributed by atoms with van der Waals surface area (Å²) in [6.45, 7) is -0.266. The van der Waals surface area contributed by atoms with Crippen molar-refractivity contribution < 1.29 is 51.1 Å². The van der Waals surface area contributed by atoms with Gasteiger partial charge in [0.05, 0.1) is 17.7 Å². The number of ether oxygens (including phenoxy) is 2. The van der Waals surface area contributed by atoms with E-state index in [-0.39, 0.29) is 30.4 Å². The van der Waals surface area contributed by atoms with Crippen LogP contribution in [-0.4, -0.2) is 46.5 Å². The Bertz CT molecular complexity index is 864. The van der Waals surface area contributed by atoms with Crippen molar-refractivity contribution in [3.63, 3.8) is 0 Å². The second-order valence-electron chi connectivity index (χ2n) is 7.10. The van der Waals surface area contributed by atoms with E-state index in [9.17, 15) is 41.7 Å². The quantitative estimate of drug-likeness (QED) is 0.622. The zero-order valence-electron chi connectivity index (χ0n) is 15.7. The van der Waals surface area contributed by atoms with Crippen LogP contribution in [0, 0.1) is 0 Å². The van der Waals surface area contributed by atoms with Crippen LogP contribution in [0.2, 0.25) is 0 Å². The van der Waals surface area contributed by atoms with Crippen LogP contribution >= 0.6 is 0 Å². The Balaban J connectivity index is 1.75. The van der Waals surface area contributed by atoms with Gasteiger partial charge in [-0.15, -0.1) is 0 Å². The maximum Gasteiger partial charge on any atom is 0.416 e. The van der Waals surface area contributed by atoms with E-state index in [2.05, 4.69) is 0 Å². The SMILES string of the molecule is O[C@@H]1[C@@H](O)[C@@H](Oc2ccc(Cc3cc(C(F)(F)F)cc(C(F)(F)F)c3)cc2)OC[C@@H]1O. The molecular formula is C20H18F6O5. The molecule has 11 heteroatoms. The molecule has 2 aromatic rings. The van der Waals surface area contributed by atoms with E-state index in [1.54, 1.807) is 0 Å². The second kappa shape index (κ2) is 8.65. The van der Waals surface area contributed by atoms with E-state index < -0.39 is 48.1 Å². The minimum absolute atomic E-state index is 0.0707. The van der Waals surface area contributed by atoms with Gasteiger partial charge in [0.2, 0.25) is 6.29 Å². The Morgan fingerprint density at radius 2 is 1.35 bits per heavy atom. The first-order valence-corrected chi connectivity index (χ1v) is 9.04. The highest BCUT2D eigenvalue weighted by molar-refractivity contribution is 5.37. The number of rotatable bonds is 4. The number of aliphatic hydroxyl groups excluding tert-OH is 3. The molecule has 0 amide bonds. The average Bonchev–Trinajstić information content (AvgIpc) is 2.68. The molecule has 0 bridgehead atoms. The molecule has 3 N–H and O–H groups in total. The maximum atomic E-state index is 13.0. The lowest BCUT2D eigenvalue weighted by Gasteiger charge is -2.34. The molecule has 0 aromatic heterocycles. The first-order valence-electron chi connectivity index (χ1n) is 9.04. The first kappa shape index (κ1) is 23.3. The van der Waals surface area contributed by atoms with E-state index in [1.807, 2.05) is 0 Å². The third-order valence-corrected chi connectivity index (χ3v) is 4.69. The average molecular weight is 452 g/mol. The van der Waals surface area contributed by atoms with Crippen molar-refractivity contribution in [3.05, 3.63) is 64.7 Å². The zero-order chi connectivity index (χ0) is 23.0. The fourth-order valence-electron chi connectivity index (χ4n) is 3.06. The molecular weight excluding hydrogens is 434 g/mol. The van der Waals surface area contributed by atoms with Crippen molar-refractivity contribution in [1.29, 1.82) is 0 Å². The molecule has 0 spiro atoms. The van der Waals surface area contributed by atoms with E-state index in [4.69, 9.17) is 9.47 Å². The first-order chi connectivity index (χ1) is 14.3. The fourth-order valence-corrected chi connectivity index (χ4v) is 3.06. The molecule has 0 radical (unpaired) electrons. The van der Waals surface area contributed by atoms with Gasteiger partial charge < -0.3 is 24.8 Å². The van der Waals surface area contributed by atoms with Crippen LogP contribution in [0.5, 0.6) is 5.75 Å². The summed E-state index contributed by atoms with van der Waals surface area (Å²) in [5, 5.41) is 28.9. The topological polar surface area (TPSA) is 79.2 Å².